The number of ether oxygens (including phenoxy) is 1. The van der Waals surface area contributed by atoms with Gasteiger partial charge in [-0.3, -0.25) is 0 Å². The summed E-state index contributed by atoms with van der Waals surface area (Å²) < 4.78 is 5.75. The van der Waals surface area contributed by atoms with E-state index in [1.165, 1.54) is 81.8 Å². The molecule has 0 saturated carbocycles. The quantitative estimate of drug-likeness (QED) is 0.200. The first-order valence-electron chi connectivity index (χ1n) is 13.7. The molecule has 33 heavy (non-hydrogen) atoms. The lowest BCUT2D eigenvalue weighted by atomic mass is 10.0. The van der Waals surface area contributed by atoms with Crippen molar-refractivity contribution in [1.82, 2.24) is 9.97 Å². The van der Waals surface area contributed by atoms with Crippen LogP contribution in [0, 0.1) is 5.92 Å². The van der Waals surface area contributed by atoms with E-state index in [0.29, 0.717) is 5.92 Å². The van der Waals surface area contributed by atoms with Crippen molar-refractivity contribution in [3.8, 4) is 11.4 Å². The van der Waals surface area contributed by atoms with Crippen LogP contribution < -0.4 is 0 Å². The van der Waals surface area contributed by atoms with Gasteiger partial charge in [-0.25, -0.2) is 9.97 Å². The molecule has 184 valence electrons. The molecule has 3 heteroatoms. The second-order valence-corrected chi connectivity index (χ2v) is 9.74. The summed E-state index contributed by atoms with van der Waals surface area (Å²) in [7, 11) is 0. The van der Waals surface area contributed by atoms with E-state index in [2.05, 4.69) is 55.0 Å². The van der Waals surface area contributed by atoms with Crippen LogP contribution in [0.3, 0.4) is 0 Å². The Bertz CT molecular complexity index is 711. The number of hydrogen-bond donors (Lipinski definition) is 0. The molecular weight excluding hydrogens is 404 g/mol. The van der Waals surface area contributed by atoms with Gasteiger partial charge in [0.05, 0.1) is 0 Å². The van der Waals surface area contributed by atoms with E-state index in [-0.39, 0.29) is 0 Å². The standard InChI is InChI=1S/C30H48N2O/c1-4-6-7-8-9-10-11-12-13-17-28-23-31-30(32-24-28)29-20-18-27(19-21-29)16-14-15-22-33-25-26(3)5-2/h18-21,23-24,26H,4-17,22,25H2,1-3H3/t26-/m0/s1. The second-order valence-electron chi connectivity index (χ2n) is 9.74. The summed E-state index contributed by atoms with van der Waals surface area (Å²) in [5.74, 6) is 1.50. The van der Waals surface area contributed by atoms with Crippen molar-refractivity contribution < 1.29 is 4.74 Å². The summed E-state index contributed by atoms with van der Waals surface area (Å²) in [6.45, 7) is 8.51. The molecule has 0 N–H and O–H groups in total. The predicted molar refractivity (Wildman–Crippen MR) is 142 cm³/mol. The molecule has 0 saturated heterocycles. The molecule has 0 aliphatic heterocycles. The van der Waals surface area contributed by atoms with Crippen LogP contribution in [0.1, 0.15) is 109 Å². The Morgan fingerprint density at radius 1 is 0.697 bits per heavy atom. The number of rotatable bonds is 19. The number of hydrogen-bond acceptors (Lipinski definition) is 3. The minimum atomic E-state index is 0.670. The summed E-state index contributed by atoms with van der Waals surface area (Å²) in [4.78, 5) is 9.25. The first-order chi connectivity index (χ1) is 16.2. The van der Waals surface area contributed by atoms with Gasteiger partial charge in [0, 0.05) is 31.2 Å². The van der Waals surface area contributed by atoms with E-state index in [4.69, 9.17) is 4.74 Å². The number of nitrogens with zero attached hydrogens (tertiary/aromatic N) is 2. The predicted octanol–water partition coefficient (Wildman–Crippen LogP) is 8.60. The third-order valence-electron chi connectivity index (χ3n) is 6.59. The zero-order valence-corrected chi connectivity index (χ0v) is 21.7. The van der Waals surface area contributed by atoms with Crippen LogP contribution in [0.2, 0.25) is 0 Å². The third-order valence-corrected chi connectivity index (χ3v) is 6.59. The van der Waals surface area contributed by atoms with E-state index in [9.17, 15) is 0 Å². The van der Waals surface area contributed by atoms with Gasteiger partial charge in [0.25, 0.3) is 0 Å². The first-order valence-corrected chi connectivity index (χ1v) is 13.7. The smallest absolute Gasteiger partial charge is 0.159 e. The summed E-state index contributed by atoms with van der Waals surface area (Å²) in [5.41, 5.74) is 3.74. The normalized spacial score (nSPS) is 12.2. The molecule has 0 aliphatic rings. The van der Waals surface area contributed by atoms with Crippen LogP contribution >= 0.6 is 0 Å². The molecule has 3 nitrogen and oxygen atoms in total. The number of aryl methyl sites for hydroxylation is 2. The third kappa shape index (κ3) is 12.3. The van der Waals surface area contributed by atoms with Crippen molar-refractivity contribution in [2.45, 2.75) is 111 Å². The van der Waals surface area contributed by atoms with Crippen LogP contribution in [0.4, 0.5) is 0 Å². The highest BCUT2D eigenvalue weighted by Crippen LogP contribution is 2.17. The minimum Gasteiger partial charge on any atom is -0.381 e. The molecule has 0 spiro atoms. The molecule has 1 atom stereocenters. The van der Waals surface area contributed by atoms with Crippen LogP contribution in [-0.2, 0) is 17.6 Å². The molecule has 2 aromatic rings. The van der Waals surface area contributed by atoms with Gasteiger partial charge in [0.15, 0.2) is 5.82 Å². The van der Waals surface area contributed by atoms with Crippen molar-refractivity contribution >= 4 is 0 Å². The van der Waals surface area contributed by atoms with Gasteiger partial charge in [0.2, 0.25) is 0 Å². The maximum atomic E-state index is 5.75. The van der Waals surface area contributed by atoms with E-state index in [0.717, 1.165) is 43.9 Å². The molecule has 1 aromatic carbocycles. The molecule has 1 aromatic heterocycles. The van der Waals surface area contributed by atoms with Crippen LogP contribution in [0.25, 0.3) is 11.4 Å². The molecule has 0 radical (unpaired) electrons. The monoisotopic (exact) mass is 452 g/mol. The molecular formula is C30H48N2O. The van der Waals surface area contributed by atoms with Crippen LogP contribution in [0.5, 0.6) is 0 Å². The van der Waals surface area contributed by atoms with Crippen molar-refractivity contribution in [2.24, 2.45) is 5.92 Å². The van der Waals surface area contributed by atoms with Gasteiger partial charge in [0.1, 0.15) is 0 Å². The fraction of sp³-hybridized carbons (Fsp3) is 0.667. The van der Waals surface area contributed by atoms with Gasteiger partial charge in [-0.2, -0.15) is 0 Å². The number of aromatic nitrogens is 2. The molecule has 0 unspecified atom stereocenters. The number of unbranched alkanes of at least 4 members (excludes halogenated alkanes) is 9. The fourth-order valence-electron chi connectivity index (χ4n) is 4.03. The average molecular weight is 453 g/mol. The Hall–Kier alpha value is -1.74. The molecule has 0 bridgehead atoms. The maximum Gasteiger partial charge on any atom is 0.159 e. The lowest BCUT2D eigenvalue weighted by Gasteiger charge is -2.09. The van der Waals surface area contributed by atoms with Crippen molar-refractivity contribution in [1.29, 1.82) is 0 Å². The zero-order valence-electron chi connectivity index (χ0n) is 21.7. The molecule has 0 aliphatic carbocycles. The maximum absolute atomic E-state index is 5.75. The van der Waals surface area contributed by atoms with E-state index < -0.39 is 0 Å². The SMILES string of the molecule is CCCCCCCCCCCc1cnc(-c2ccc(CCCCOC[C@@H](C)CC)cc2)nc1. The highest BCUT2D eigenvalue weighted by molar-refractivity contribution is 5.55. The largest absolute Gasteiger partial charge is 0.381 e. The lowest BCUT2D eigenvalue weighted by Crippen LogP contribution is -2.05. The second kappa shape index (κ2) is 17.7. The van der Waals surface area contributed by atoms with Crippen molar-refractivity contribution in [3.05, 3.63) is 47.8 Å². The Morgan fingerprint density at radius 2 is 1.27 bits per heavy atom. The Morgan fingerprint density at radius 3 is 1.91 bits per heavy atom. The van der Waals surface area contributed by atoms with E-state index in [1.54, 1.807) is 0 Å². The topological polar surface area (TPSA) is 35.0 Å². The number of benzene rings is 1. The van der Waals surface area contributed by atoms with E-state index >= 15 is 0 Å². The molecule has 0 fully saturated rings. The molecule has 0 amide bonds. The Balaban J connectivity index is 1.60. The van der Waals surface area contributed by atoms with Crippen molar-refractivity contribution in [2.75, 3.05) is 13.2 Å². The summed E-state index contributed by atoms with van der Waals surface area (Å²) in [6.07, 6.45) is 22.0. The lowest BCUT2D eigenvalue weighted by molar-refractivity contribution is 0.100. The summed E-state index contributed by atoms with van der Waals surface area (Å²) in [6, 6.07) is 8.75. The Labute approximate surface area is 203 Å². The van der Waals surface area contributed by atoms with Gasteiger partial charge < -0.3 is 4.74 Å². The molecule has 1 heterocycles. The van der Waals surface area contributed by atoms with Gasteiger partial charge in [-0.05, 0) is 49.1 Å². The van der Waals surface area contributed by atoms with Crippen molar-refractivity contribution in [3.63, 3.8) is 0 Å². The van der Waals surface area contributed by atoms with E-state index in [1.807, 2.05) is 12.4 Å². The highest BCUT2D eigenvalue weighted by Gasteiger charge is 2.03. The fourth-order valence-corrected chi connectivity index (χ4v) is 4.03. The highest BCUT2D eigenvalue weighted by atomic mass is 16.5. The summed E-state index contributed by atoms with van der Waals surface area (Å²) in [5, 5.41) is 0. The van der Waals surface area contributed by atoms with Gasteiger partial charge in [-0.15, -0.1) is 0 Å². The summed E-state index contributed by atoms with van der Waals surface area (Å²) >= 11 is 0. The van der Waals surface area contributed by atoms with Crippen LogP contribution in [0.15, 0.2) is 36.7 Å². The Kier molecular flexibility index (Phi) is 14.8. The van der Waals surface area contributed by atoms with Gasteiger partial charge in [-0.1, -0.05) is 103 Å². The average Bonchev–Trinajstić information content (AvgIpc) is 2.85. The van der Waals surface area contributed by atoms with Crippen LogP contribution in [-0.4, -0.2) is 23.2 Å². The first kappa shape index (κ1) is 27.5. The minimum absolute atomic E-state index is 0.670. The molecule has 2 rings (SSSR count). The van der Waals surface area contributed by atoms with Gasteiger partial charge >= 0.3 is 0 Å². The zero-order chi connectivity index (χ0) is 23.6.